The molecule has 350 valence electrons. The Balaban J connectivity index is 4.26. The van der Waals surface area contributed by atoms with Crippen LogP contribution in [0.3, 0.4) is 0 Å². The predicted octanol–water partition coefficient (Wildman–Crippen LogP) is 14.2. The third-order valence-corrected chi connectivity index (χ3v) is 11.3. The van der Waals surface area contributed by atoms with Crippen molar-refractivity contribution < 1.29 is 38.2 Å². The van der Waals surface area contributed by atoms with Gasteiger partial charge in [-0.3, -0.25) is 9.59 Å². The van der Waals surface area contributed by atoms with Crippen LogP contribution >= 0.6 is 0 Å². The molecule has 0 amide bonds. The second-order valence-corrected chi connectivity index (χ2v) is 18.1. The standard InChI is InChI=1S/C52H95NO7/c1-6-8-10-12-14-16-18-20-22-24-25-26-27-29-30-32-34-36-38-40-42-50(54)59-47-48(46-58-45-44-49(52(56)57)53(3,4)5)60-51(55)43-41-39-37-35-33-31-28-23-21-19-17-15-13-11-9-7-2/h16,18,20,22-23,28,48-49H,6-15,17,19,21,24-27,29-47H2,1-5H3/p+1/b18-16+,22-20+,28-23+. The van der Waals surface area contributed by atoms with Crippen molar-refractivity contribution in [1.29, 1.82) is 0 Å². The molecule has 8 heteroatoms. The van der Waals surface area contributed by atoms with Crippen molar-refractivity contribution in [3.63, 3.8) is 0 Å². The van der Waals surface area contributed by atoms with Gasteiger partial charge in [0.1, 0.15) is 6.61 Å². The number of carboxylic acids is 1. The molecule has 60 heavy (non-hydrogen) atoms. The number of hydrogen-bond acceptors (Lipinski definition) is 6. The van der Waals surface area contributed by atoms with Gasteiger partial charge in [-0.1, -0.05) is 179 Å². The summed E-state index contributed by atoms with van der Waals surface area (Å²) in [5.41, 5.74) is 0. The number of nitrogens with zero attached hydrogens (tertiary/aromatic N) is 1. The first kappa shape index (κ1) is 57.5. The number of rotatable bonds is 45. The first-order valence-electron chi connectivity index (χ1n) is 25.0. The smallest absolute Gasteiger partial charge is 0.362 e. The maximum Gasteiger partial charge on any atom is 0.362 e. The zero-order chi connectivity index (χ0) is 44.2. The number of likely N-dealkylation sites (N-methyl/N-ethyl adjacent to an activating group) is 1. The monoisotopic (exact) mass is 847 g/mol. The molecule has 0 radical (unpaired) electrons. The van der Waals surface area contributed by atoms with Crippen LogP contribution in [0.5, 0.6) is 0 Å². The molecular formula is C52H96NO7+. The molecule has 0 aliphatic rings. The fraction of sp³-hybridized carbons (Fsp3) is 0.827. The molecule has 1 N–H and O–H groups in total. The Morgan fingerprint density at radius 2 is 0.883 bits per heavy atom. The molecule has 0 saturated heterocycles. The molecular weight excluding hydrogens is 751 g/mol. The molecule has 0 bridgehead atoms. The maximum absolute atomic E-state index is 12.8. The highest BCUT2D eigenvalue weighted by molar-refractivity contribution is 5.72. The maximum atomic E-state index is 12.8. The highest BCUT2D eigenvalue weighted by atomic mass is 16.6. The van der Waals surface area contributed by atoms with E-state index in [1.807, 2.05) is 21.1 Å². The number of hydrogen-bond donors (Lipinski definition) is 1. The van der Waals surface area contributed by atoms with E-state index in [1.165, 1.54) is 141 Å². The lowest BCUT2D eigenvalue weighted by Crippen LogP contribution is -2.50. The summed E-state index contributed by atoms with van der Waals surface area (Å²) in [5, 5.41) is 9.64. The average molecular weight is 847 g/mol. The molecule has 0 aliphatic carbocycles. The molecule has 0 fully saturated rings. The summed E-state index contributed by atoms with van der Waals surface area (Å²) in [5.74, 6) is -1.47. The Morgan fingerprint density at radius 3 is 1.32 bits per heavy atom. The molecule has 0 aromatic rings. The molecule has 0 aromatic heterocycles. The number of unbranched alkanes of at least 4 members (excludes halogenated alkanes) is 26. The van der Waals surface area contributed by atoms with E-state index in [0.29, 0.717) is 19.3 Å². The number of carbonyl (C=O) groups is 3. The summed E-state index contributed by atoms with van der Waals surface area (Å²) < 4.78 is 17.3. The Hall–Kier alpha value is -2.45. The summed E-state index contributed by atoms with van der Waals surface area (Å²) in [6, 6.07) is -0.616. The van der Waals surface area contributed by atoms with Gasteiger partial charge in [0.2, 0.25) is 0 Å². The van der Waals surface area contributed by atoms with Crippen LogP contribution in [-0.4, -0.2) is 80.6 Å². The van der Waals surface area contributed by atoms with Gasteiger partial charge in [-0.2, -0.15) is 0 Å². The Bertz CT molecular complexity index is 1080. The normalized spacial score (nSPS) is 13.2. The van der Waals surface area contributed by atoms with Gasteiger partial charge in [-0.25, -0.2) is 4.79 Å². The van der Waals surface area contributed by atoms with Crippen LogP contribution in [0.2, 0.25) is 0 Å². The summed E-state index contributed by atoms with van der Waals surface area (Å²) in [7, 11) is 5.53. The van der Waals surface area contributed by atoms with Crippen LogP contribution in [0.1, 0.15) is 226 Å². The molecule has 0 rings (SSSR count). The quantitative estimate of drug-likeness (QED) is 0.0214. The number of carbonyl (C=O) groups excluding carboxylic acids is 2. The Kier molecular flexibility index (Phi) is 41.4. The lowest BCUT2D eigenvalue weighted by atomic mass is 10.1. The molecule has 2 atom stereocenters. The molecule has 0 aliphatic heterocycles. The van der Waals surface area contributed by atoms with Crippen LogP contribution in [0.15, 0.2) is 36.5 Å². The highest BCUT2D eigenvalue weighted by Gasteiger charge is 2.31. The average Bonchev–Trinajstić information content (AvgIpc) is 3.21. The third-order valence-electron chi connectivity index (χ3n) is 11.3. The van der Waals surface area contributed by atoms with Gasteiger partial charge in [0.15, 0.2) is 12.1 Å². The van der Waals surface area contributed by atoms with Crippen LogP contribution in [0.25, 0.3) is 0 Å². The minimum absolute atomic E-state index is 0.0543. The molecule has 0 saturated carbocycles. The van der Waals surface area contributed by atoms with E-state index < -0.39 is 18.1 Å². The van der Waals surface area contributed by atoms with Crippen LogP contribution < -0.4 is 0 Å². The van der Waals surface area contributed by atoms with Gasteiger partial charge in [-0.15, -0.1) is 0 Å². The zero-order valence-electron chi connectivity index (χ0n) is 39.9. The Morgan fingerprint density at radius 1 is 0.500 bits per heavy atom. The molecule has 8 nitrogen and oxygen atoms in total. The molecule has 0 spiro atoms. The van der Waals surface area contributed by atoms with Crippen LogP contribution in [0.4, 0.5) is 0 Å². The minimum atomic E-state index is -0.875. The summed E-state index contributed by atoms with van der Waals surface area (Å²) in [6.07, 6.45) is 50.4. The largest absolute Gasteiger partial charge is 0.477 e. The van der Waals surface area contributed by atoms with E-state index in [4.69, 9.17) is 14.2 Å². The van der Waals surface area contributed by atoms with Crippen molar-refractivity contribution in [2.24, 2.45) is 0 Å². The van der Waals surface area contributed by atoms with E-state index >= 15 is 0 Å². The second kappa shape index (κ2) is 43.2. The van der Waals surface area contributed by atoms with Crippen molar-refractivity contribution >= 4 is 17.9 Å². The van der Waals surface area contributed by atoms with Gasteiger partial charge in [0, 0.05) is 19.3 Å². The van der Waals surface area contributed by atoms with Gasteiger partial charge in [0.25, 0.3) is 0 Å². The van der Waals surface area contributed by atoms with Crippen molar-refractivity contribution in [2.75, 3.05) is 41.0 Å². The third kappa shape index (κ3) is 40.9. The van der Waals surface area contributed by atoms with Crippen LogP contribution in [-0.2, 0) is 28.6 Å². The van der Waals surface area contributed by atoms with E-state index in [0.717, 1.165) is 51.4 Å². The molecule has 2 unspecified atom stereocenters. The van der Waals surface area contributed by atoms with E-state index in [9.17, 15) is 19.5 Å². The van der Waals surface area contributed by atoms with E-state index in [1.54, 1.807) is 0 Å². The first-order valence-corrected chi connectivity index (χ1v) is 25.0. The number of carboxylic acid groups (broad SMARTS) is 1. The summed E-state index contributed by atoms with van der Waals surface area (Å²) >= 11 is 0. The summed E-state index contributed by atoms with van der Waals surface area (Å²) in [6.45, 7) is 4.73. The zero-order valence-corrected chi connectivity index (χ0v) is 39.9. The van der Waals surface area contributed by atoms with Gasteiger partial charge >= 0.3 is 17.9 Å². The first-order chi connectivity index (χ1) is 29.1. The minimum Gasteiger partial charge on any atom is -0.477 e. The predicted molar refractivity (Wildman–Crippen MR) is 252 cm³/mol. The van der Waals surface area contributed by atoms with Crippen LogP contribution in [0, 0.1) is 0 Å². The van der Waals surface area contributed by atoms with Gasteiger partial charge < -0.3 is 23.8 Å². The lowest BCUT2D eigenvalue weighted by molar-refractivity contribution is -0.887. The van der Waals surface area contributed by atoms with E-state index in [-0.39, 0.29) is 36.2 Å². The molecule has 0 heterocycles. The lowest BCUT2D eigenvalue weighted by Gasteiger charge is -2.31. The number of aliphatic carboxylic acids is 1. The second-order valence-electron chi connectivity index (χ2n) is 18.1. The number of quaternary nitrogens is 1. The number of ether oxygens (including phenoxy) is 3. The topological polar surface area (TPSA) is 99.1 Å². The molecule has 0 aromatic carbocycles. The van der Waals surface area contributed by atoms with Crippen molar-refractivity contribution in [2.45, 2.75) is 238 Å². The van der Waals surface area contributed by atoms with E-state index in [2.05, 4.69) is 50.3 Å². The Labute approximate surface area is 370 Å². The number of esters is 2. The fourth-order valence-corrected chi connectivity index (χ4v) is 7.37. The van der Waals surface area contributed by atoms with Crippen molar-refractivity contribution in [1.82, 2.24) is 0 Å². The summed E-state index contributed by atoms with van der Waals surface area (Å²) in [4.78, 5) is 37.1. The van der Waals surface area contributed by atoms with Gasteiger partial charge in [0.05, 0.1) is 34.4 Å². The van der Waals surface area contributed by atoms with Crippen molar-refractivity contribution in [3.8, 4) is 0 Å². The highest BCUT2D eigenvalue weighted by Crippen LogP contribution is 2.15. The number of allylic oxidation sites excluding steroid dienone is 6. The fourth-order valence-electron chi connectivity index (χ4n) is 7.37. The van der Waals surface area contributed by atoms with Crippen molar-refractivity contribution in [3.05, 3.63) is 36.5 Å². The SMILES string of the molecule is CCCCCC/C=C/C=C/CCCCCCCCCCCCC(=O)OCC(COCCC(C(=O)O)[N+](C)(C)C)OC(=O)CCCCCCC/C=C/CCCCCCCCC. The van der Waals surface area contributed by atoms with Gasteiger partial charge in [-0.05, 0) is 64.2 Å².